The number of carboxylic acids is 1. The zero-order valence-corrected chi connectivity index (χ0v) is 8.30. The van der Waals surface area contributed by atoms with Gasteiger partial charge in [0.15, 0.2) is 0 Å². The molecule has 0 saturated heterocycles. The molecule has 13 heavy (non-hydrogen) atoms. The first-order valence-electron chi connectivity index (χ1n) is 3.71. The predicted molar refractivity (Wildman–Crippen MR) is 49.1 cm³/mol. The Labute approximate surface area is 78.6 Å². The van der Waals surface area contributed by atoms with Crippen LogP contribution < -0.4 is 0 Å². The lowest BCUT2D eigenvalue weighted by atomic mass is 10.3. The highest BCUT2D eigenvalue weighted by atomic mass is 32.2. The Morgan fingerprint density at radius 3 is 2.77 bits per heavy atom. The van der Waals surface area contributed by atoms with Gasteiger partial charge in [-0.15, -0.1) is 0 Å². The minimum atomic E-state index is -1.12. The van der Waals surface area contributed by atoms with Crippen molar-refractivity contribution in [3.8, 4) is 0 Å². The minimum absolute atomic E-state index is 0.0849. The van der Waals surface area contributed by atoms with E-state index in [2.05, 4.69) is 0 Å². The summed E-state index contributed by atoms with van der Waals surface area (Å²) in [5.74, 6) is -0.909. The second-order valence-corrected chi connectivity index (χ2v) is 4.11. The molecule has 0 saturated carbocycles. The number of aryl methyl sites for hydroxylation is 1. The van der Waals surface area contributed by atoms with Gasteiger partial charge in [-0.2, -0.15) is 0 Å². The smallest absolute Gasteiger partial charge is 0.309 e. The molecule has 0 radical (unpaired) electrons. The maximum Gasteiger partial charge on any atom is 0.309 e. The summed E-state index contributed by atoms with van der Waals surface area (Å²) in [6.45, 7) is 0. The molecule has 5 heteroatoms. The van der Waals surface area contributed by atoms with Gasteiger partial charge in [0, 0.05) is 25.2 Å². The quantitative estimate of drug-likeness (QED) is 0.769. The summed E-state index contributed by atoms with van der Waals surface area (Å²) < 4.78 is 12.9. The van der Waals surface area contributed by atoms with Gasteiger partial charge >= 0.3 is 5.97 Å². The molecule has 4 nitrogen and oxygen atoms in total. The van der Waals surface area contributed by atoms with E-state index in [0.717, 1.165) is 0 Å². The Morgan fingerprint density at radius 2 is 2.31 bits per heavy atom. The van der Waals surface area contributed by atoms with Crippen LogP contribution in [0, 0.1) is 0 Å². The van der Waals surface area contributed by atoms with Crippen molar-refractivity contribution in [2.45, 2.75) is 11.3 Å². The number of aromatic nitrogens is 1. The number of aliphatic carboxylic acids is 1. The molecular formula is C8H11NO3S. The number of nitrogens with zero attached hydrogens (tertiary/aromatic N) is 1. The lowest BCUT2D eigenvalue weighted by Gasteiger charge is -2.02. The van der Waals surface area contributed by atoms with Crippen molar-refractivity contribution in [1.29, 1.82) is 0 Å². The molecule has 1 aromatic rings. The van der Waals surface area contributed by atoms with Crippen LogP contribution in [0.25, 0.3) is 0 Å². The van der Waals surface area contributed by atoms with Crippen molar-refractivity contribution in [3.63, 3.8) is 0 Å². The van der Waals surface area contributed by atoms with Crippen LogP contribution in [0.5, 0.6) is 0 Å². The molecule has 0 aliphatic heterocycles. The first-order chi connectivity index (χ1) is 6.02. The van der Waals surface area contributed by atoms with Crippen molar-refractivity contribution < 1.29 is 14.1 Å². The molecule has 1 N–H and O–H groups in total. The SMILES string of the molecule is Cn1ccc(S(C)=O)c1CC(=O)O. The Bertz CT molecular complexity index is 356. The Hall–Kier alpha value is -1.10. The molecule has 1 aromatic heterocycles. The molecule has 0 aliphatic rings. The van der Waals surface area contributed by atoms with Gasteiger partial charge in [-0.25, -0.2) is 0 Å². The van der Waals surface area contributed by atoms with Crippen molar-refractivity contribution in [3.05, 3.63) is 18.0 Å². The van der Waals surface area contributed by atoms with Crippen LogP contribution in [0.2, 0.25) is 0 Å². The summed E-state index contributed by atoms with van der Waals surface area (Å²) in [4.78, 5) is 11.1. The average molecular weight is 201 g/mol. The fourth-order valence-electron chi connectivity index (χ4n) is 1.16. The summed E-state index contributed by atoms with van der Waals surface area (Å²) in [5, 5.41) is 8.60. The molecule has 0 fully saturated rings. The largest absolute Gasteiger partial charge is 0.481 e. The third-order valence-electron chi connectivity index (χ3n) is 1.79. The van der Waals surface area contributed by atoms with Gasteiger partial charge in [-0.3, -0.25) is 9.00 Å². The van der Waals surface area contributed by atoms with Crippen LogP contribution in [0.3, 0.4) is 0 Å². The van der Waals surface area contributed by atoms with Crippen LogP contribution in [-0.2, 0) is 29.1 Å². The number of carboxylic acid groups (broad SMARTS) is 1. The van der Waals surface area contributed by atoms with E-state index in [4.69, 9.17) is 5.11 Å². The first kappa shape index (κ1) is 9.98. The third-order valence-corrected chi connectivity index (χ3v) is 2.78. The molecule has 0 aromatic carbocycles. The summed E-state index contributed by atoms with van der Waals surface area (Å²) in [6.07, 6.45) is 3.17. The van der Waals surface area contributed by atoms with Gasteiger partial charge in [-0.05, 0) is 6.07 Å². The van der Waals surface area contributed by atoms with Gasteiger partial charge in [0.1, 0.15) is 0 Å². The van der Waals surface area contributed by atoms with Crippen molar-refractivity contribution in [2.75, 3.05) is 6.26 Å². The van der Waals surface area contributed by atoms with Crippen molar-refractivity contribution in [2.24, 2.45) is 7.05 Å². The molecule has 0 aliphatic carbocycles. The summed E-state index contributed by atoms with van der Waals surface area (Å²) in [5.41, 5.74) is 0.605. The van der Waals surface area contributed by atoms with E-state index in [1.165, 1.54) is 0 Å². The normalized spacial score (nSPS) is 12.8. The molecule has 1 heterocycles. The highest BCUT2D eigenvalue weighted by molar-refractivity contribution is 7.84. The summed E-state index contributed by atoms with van der Waals surface area (Å²) in [6, 6.07) is 1.69. The van der Waals surface area contributed by atoms with Crippen LogP contribution in [0.15, 0.2) is 17.2 Å². The summed E-state index contributed by atoms with van der Waals surface area (Å²) in [7, 11) is 0.624. The number of carbonyl (C=O) groups is 1. The van der Waals surface area contributed by atoms with E-state index in [1.54, 1.807) is 30.1 Å². The predicted octanol–water partition coefficient (Wildman–Crippen LogP) is 0.390. The molecule has 1 rings (SSSR count). The molecule has 72 valence electrons. The second-order valence-electron chi connectivity index (χ2n) is 2.76. The summed E-state index contributed by atoms with van der Waals surface area (Å²) >= 11 is 0. The Kier molecular flexibility index (Phi) is 2.87. The number of hydrogen-bond acceptors (Lipinski definition) is 2. The van der Waals surface area contributed by atoms with E-state index in [1.807, 2.05) is 0 Å². The fourth-order valence-corrected chi connectivity index (χ4v) is 1.96. The maximum absolute atomic E-state index is 11.2. The van der Waals surface area contributed by atoms with Gasteiger partial charge in [0.2, 0.25) is 0 Å². The zero-order valence-electron chi connectivity index (χ0n) is 7.48. The van der Waals surface area contributed by atoms with Gasteiger partial charge < -0.3 is 9.67 Å². The lowest BCUT2D eigenvalue weighted by Crippen LogP contribution is -2.07. The molecular weight excluding hydrogens is 190 g/mol. The highest BCUT2D eigenvalue weighted by Gasteiger charge is 2.12. The van der Waals surface area contributed by atoms with Gasteiger partial charge in [0.05, 0.1) is 22.1 Å². The maximum atomic E-state index is 11.2. The molecule has 0 amide bonds. The van der Waals surface area contributed by atoms with Crippen molar-refractivity contribution >= 4 is 16.8 Å². The first-order valence-corrected chi connectivity index (χ1v) is 5.27. The molecule has 0 spiro atoms. The van der Waals surface area contributed by atoms with E-state index in [-0.39, 0.29) is 6.42 Å². The minimum Gasteiger partial charge on any atom is -0.481 e. The van der Waals surface area contributed by atoms with E-state index >= 15 is 0 Å². The number of hydrogen-bond donors (Lipinski definition) is 1. The monoisotopic (exact) mass is 201 g/mol. The van der Waals surface area contributed by atoms with E-state index in [9.17, 15) is 9.00 Å². The fraction of sp³-hybridized carbons (Fsp3) is 0.375. The van der Waals surface area contributed by atoms with Gasteiger partial charge in [0.25, 0.3) is 0 Å². The Morgan fingerprint density at radius 1 is 1.69 bits per heavy atom. The van der Waals surface area contributed by atoms with Crippen LogP contribution in [-0.4, -0.2) is 26.1 Å². The molecule has 1 atom stereocenters. The second kappa shape index (κ2) is 3.74. The van der Waals surface area contributed by atoms with Crippen molar-refractivity contribution in [1.82, 2.24) is 4.57 Å². The third kappa shape index (κ3) is 2.18. The van der Waals surface area contributed by atoms with Crippen LogP contribution >= 0.6 is 0 Å². The zero-order chi connectivity index (χ0) is 10.0. The number of rotatable bonds is 3. The molecule has 0 bridgehead atoms. The van der Waals surface area contributed by atoms with E-state index in [0.29, 0.717) is 10.6 Å². The Balaban J connectivity index is 3.08. The average Bonchev–Trinajstić information content (AvgIpc) is 2.32. The van der Waals surface area contributed by atoms with E-state index < -0.39 is 16.8 Å². The topological polar surface area (TPSA) is 59.3 Å². The standard InChI is InChI=1S/C8H11NO3S/c1-9-4-3-7(13(2)12)6(9)5-8(10)11/h3-4H,5H2,1-2H3,(H,10,11). The van der Waals surface area contributed by atoms with Crippen LogP contribution in [0.1, 0.15) is 5.69 Å². The highest BCUT2D eigenvalue weighted by Crippen LogP contribution is 2.14. The van der Waals surface area contributed by atoms with Gasteiger partial charge in [-0.1, -0.05) is 0 Å². The lowest BCUT2D eigenvalue weighted by molar-refractivity contribution is -0.136. The molecule has 1 unspecified atom stereocenters. The van der Waals surface area contributed by atoms with Crippen LogP contribution in [0.4, 0.5) is 0 Å².